The number of hydrogen-bond acceptors (Lipinski definition) is 2. The number of aromatic nitrogens is 2. The number of H-pyrrole nitrogens is 1. The number of imidazole rings is 1. The fraction of sp³-hybridized carbons (Fsp3) is 0.733. The molecule has 4 heteroatoms. The van der Waals surface area contributed by atoms with Gasteiger partial charge in [-0.05, 0) is 6.42 Å². The summed E-state index contributed by atoms with van der Waals surface area (Å²) in [5.41, 5.74) is 6.31. The number of unbranched alkanes of at least 4 members (excludes halogenated alkanes) is 8. The minimum absolute atomic E-state index is 0.394. The van der Waals surface area contributed by atoms with Crippen LogP contribution in [-0.2, 0) is 6.42 Å². The Hall–Kier alpha value is -0.900. The van der Waals surface area contributed by atoms with Crippen LogP contribution in [0.15, 0.2) is 6.20 Å². The van der Waals surface area contributed by atoms with Crippen LogP contribution < -0.4 is 5.73 Å². The minimum atomic E-state index is 0.394. The van der Waals surface area contributed by atoms with Crippen molar-refractivity contribution in [2.75, 3.05) is 0 Å². The second kappa shape index (κ2) is 9.96. The molecule has 0 aromatic carbocycles. The molecule has 0 aliphatic rings. The summed E-state index contributed by atoms with van der Waals surface area (Å²) >= 11 is 4.90. The Kier molecular flexibility index (Phi) is 8.47. The zero-order valence-corrected chi connectivity index (χ0v) is 12.9. The van der Waals surface area contributed by atoms with Crippen LogP contribution in [0.25, 0.3) is 0 Å². The average molecular weight is 281 g/mol. The molecule has 0 fully saturated rings. The van der Waals surface area contributed by atoms with Gasteiger partial charge in [-0.25, -0.2) is 4.98 Å². The van der Waals surface area contributed by atoms with Crippen LogP contribution in [0.3, 0.4) is 0 Å². The summed E-state index contributed by atoms with van der Waals surface area (Å²) in [6.45, 7) is 2.26. The first-order chi connectivity index (χ1) is 9.24. The molecule has 0 spiro atoms. The van der Waals surface area contributed by atoms with Gasteiger partial charge in [0.1, 0.15) is 10.8 Å². The molecule has 19 heavy (non-hydrogen) atoms. The molecule has 1 aromatic heterocycles. The highest BCUT2D eigenvalue weighted by Gasteiger charge is 2.02. The Morgan fingerprint density at radius 2 is 1.68 bits per heavy atom. The minimum Gasteiger partial charge on any atom is -0.388 e. The summed E-state index contributed by atoms with van der Waals surface area (Å²) in [6.07, 6.45) is 14.9. The molecule has 3 nitrogen and oxygen atoms in total. The van der Waals surface area contributed by atoms with Crippen molar-refractivity contribution >= 4 is 17.2 Å². The Morgan fingerprint density at radius 3 is 2.21 bits per heavy atom. The highest BCUT2D eigenvalue weighted by molar-refractivity contribution is 7.80. The van der Waals surface area contributed by atoms with E-state index in [9.17, 15) is 0 Å². The van der Waals surface area contributed by atoms with Gasteiger partial charge in [0, 0.05) is 6.42 Å². The predicted molar refractivity (Wildman–Crippen MR) is 85.4 cm³/mol. The molecule has 1 aromatic rings. The molecule has 0 saturated carbocycles. The highest BCUT2D eigenvalue weighted by atomic mass is 32.1. The van der Waals surface area contributed by atoms with E-state index in [1.807, 2.05) is 0 Å². The molecule has 0 atom stereocenters. The summed E-state index contributed by atoms with van der Waals surface area (Å²) in [4.78, 5) is 7.84. The molecule has 1 heterocycles. The van der Waals surface area contributed by atoms with E-state index >= 15 is 0 Å². The highest BCUT2D eigenvalue weighted by Crippen LogP contribution is 2.11. The lowest BCUT2D eigenvalue weighted by atomic mass is 10.1. The number of aromatic amines is 1. The van der Waals surface area contributed by atoms with Gasteiger partial charge in [0.2, 0.25) is 0 Å². The maximum absolute atomic E-state index is 5.53. The van der Waals surface area contributed by atoms with E-state index in [0.29, 0.717) is 4.99 Å². The van der Waals surface area contributed by atoms with Crippen LogP contribution in [0.4, 0.5) is 0 Å². The number of nitrogens with two attached hydrogens (primary N) is 1. The summed E-state index contributed by atoms with van der Waals surface area (Å²) < 4.78 is 0. The Bertz CT molecular complexity index is 360. The SMILES string of the molecule is CCCCCCCCCCCc1ncc(C(N)=S)[nH]1. The number of rotatable bonds is 11. The monoisotopic (exact) mass is 281 g/mol. The molecule has 0 bridgehead atoms. The van der Waals surface area contributed by atoms with E-state index in [1.165, 1.54) is 57.8 Å². The molecule has 1 rings (SSSR count). The van der Waals surface area contributed by atoms with Gasteiger partial charge in [-0.1, -0.05) is 70.5 Å². The van der Waals surface area contributed by atoms with E-state index in [0.717, 1.165) is 17.9 Å². The van der Waals surface area contributed by atoms with Crippen molar-refractivity contribution in [3.8, 4) is 0 Å². The van der Waals surface area contributed by atoms with Crippen LogP contribution in [0.2, 0.25) is 0 Å². The van der Waals surface area contributed by atoms with Crippen molar-refractivity contribution in [1.82, 2.24) is 9.97 Å². The van der Waals surface area contributed by atoms with Crippen molar-refractivity contribution < 1.29 is 0 Å². The van der Waals surface area contributed by atoms with Crippen molar-refractivity contribution in [2.45, 2.75) is 71.1 Å². The van der Waals surface area contributed by atoms with Gasteiger partial charge in [0.05, 0.1) is 11.9 Å². The van der Waals surface area contributed by atoms with Crippen LogP contribution in [-0.4, -0.2) is 15.0 Å². The van der Waals surface area contributed by atoms with Gasteiger partial charge in [-0.15, -0.1) is 0 Å². The number of thiocarbonyl (C=S) groups is 1. The van der Waals surface area contributed by atoms with Crippen molar-refractivity contribution in [1.29, 1.82) is 0 Å². The lowest BCUT2D eigenvalue weighted by Gasteiger charge is -2.01. The van der Waals surface area contributed by atoms with Crippen LogP contribution in [0.1, 0.15) is 76.2 Å². The molecule has 108 valence electrons. The van der Waals surface area contributed by atoms with Gasteiger partial charge in [0.15, 0.2) is 0 Å². The molecule has 0 aliphatic heterocycles. The zero-order chi connectivity index (χ0) is 13.9. The van der Waals surface area contributed by atoms with E-state index in [1.54, 1.807) is 6.20 Å². The third kappa shape index (κ3) is 7.31. The molecular weight excluding hydrogens is 254 g/mol. The molecule has 0 unspecified atom stereocenters. The number of aryl methyl sites for hydroxylation is 1. The quantitative estimate of drug-likeness (QED) is 0.474. The Labute approximate surface area is 122 Å². The largest absolute Gasteiger partial charge is 0.388 e. The second-order valence-corrected chi connectivity index (χ2v) is 5.63. The van der Waals surface area contributed by atoms with Crippen LogP contribution in [0, 0.1) is 0 Å². The van der Waals surface area contributed by atoms with Crippen molar-refractivity contribution in [3.63, 3.8) is 0 Å². The Morgan fingerprint density at radius 1 is 1.11 bits per heavy atom. The molecule has 0 saturated heterocycles. The summed E-state index contributed by atoms with van der Waals surface area (Å²) in [5.74, 6) is 1.01. The second-order valence-electron chi connectivity index (χ2n) is 5.19. The Balaban J connectivity index is 1.97. The standard InChI is InChI=1S/C15H27N3S/c1-2-3-4-5-6-7-8-9-10-11-14-17-12-13(18-14)15(16)19/h12H,2-11H2,1H3,(H2,16,19)(H,17,18). The van der Waals surface area contributed by atoms with Crippen molar-refractivity contribution in [3.05, 3.63) is 17.7 Å². The van der Waals surface area contributed by atoms with Gasteiger partial charge >= 0.3 is 0 Å². The maximum Gasteiger partial charge on any atom is 0.122 e. The predicted octanol–water partition coefficient (Wildman–Crippen LogP) is 4.12. The normalized spacial score (nSPS) is 10.8. The van der Waals surface area contributed by atoms with Gasteiger partial charge in [-0.3, -0.25) is 0 Å². The van der Waals surface area contributed by atoms with Gasteiger partial charge in [-0.2, -0.15) is 0 Å². The average Bonchev–Trinajstić information content (AvgIpc) is 2.86. The number of nitrogens with one attached hydrogen (secondary N) is 1. The summed E-state index contributed by atoms with van der Waals surface area (Å²) in [7, 11) is 0. The van der Waals surface area contributed by atoms with E-state index in [4.69, 9.17) is 18.0 Å². The summed E-state index contributed by atoms with van der Waals surface area (Å²) in [5, 5.41) is 0. The van der Waals surface area contributed by atoms with Crippen LogP contribution in [0.5, 0.6) is 0 Å². The topological polar surface area (TPSA) is 54.7 Å². The van der Waals surface area contributed by atoms with Gasteiger partial charge < -0.3 is 10.7 Å². The molecule has 0 aliphatic carbocycles. The third-order valence-corrected chi connectivity index (χ3v) is 3.63. The first kappa shape index (κ1) is 16.2. The maximum atomic E-state index is 5.53. The number of nitrogens with zero attached hydrogens (tertiary/aromatic N) is 1. The smallest absolute Gasteiger partial charge is 0.122 e. The van der Waals surface area contributed by atoms with E-state index in [2.05, 4.69) is 16.9 Å². The first-order valence-corrected chi connectivity index (χ1v) is 7.98. The van der Waals surface area contributed by atoms with E-state index < -0.39 is 0 Å². The molecule has 0 radical (unpaired) electrons. The van der Waals surface area contributed by atoms with Crippen molar-refractivity contribution in [2.24, 2.45) is 5.73 Å². The molecule has 0 amide bonds. The lowest BCUT2D eigenvalue weighted by molar-refractivity contribution is 0.562. The number of hydrogen-bond donors (Lipinski definition) is 2. The fourth-order valence-electron chi connectivity index (χ4n) is 2.22. The lowest BCUT2D eigenvalue weighted by Crippen LogP contribution is -2.09. The van der Waals surface area contributed by atoms with Crippen LogP contribution >= 0.6 is 12.2 Å². The third-order valence-electron chi connectivity index (χ3n) is 3.41. The van der Waals surface area contributed by atoms with E-state index in [-0.39, 0.29) is 0 Å². The summed E-state index contributed by atoms with van der Waals surface area (Å²) in [6, 6.07) is 0. The first-order valence-electron chi connectivity index (χ1n) is 7.57. The fourth-order valence-corrected chi connectivity index (χ4v) is 2.32. The zero-order valence-electron chi connectivity index (χ0n) is 12.1. The van der Waals surface area contributed by atoms with Gasteiger partial charge in [0.25, 0.3) is 0 Å². The molecular formula is C15H27N3S. The molecule has 3 N–H and O–H groups in total.